The maximum atomic E-state index is 12.7. The number of nitrogens with one attached hydrogen (secondary N) is 1. The Morgan fingerprint density at radius 2 is 2.00 bits per heavy atom. The molecule has 0 unspecified atom stereocenters. The fourth-order valence-electron chi connectivity index (χ4n) is 3.12. The molecule has 0 spiro atoms. The monoisotopic (exact) mass is 407 g/mol. The summed E-state index contributed by atoms with van der Waals surface area (Å²) >= 11 is 1.67. The van der Waals surface area contributed by atoms with Gasteiger partial charge in [-0.15, -0.1) is 11.3 Å². The Morgan fingerprint density at radius 3 is 2.67 bits per heavy atom. The zero-order valence-electron chi connectivity index (χ0n) is 15.4. The molecule has 0 aliphatic carbocycles. The molecule has 1 saturated heterocycles. The average Bonchev–Trinajstić information content (AvgIpc) is 3.35. The quantitative estimate of drug-likeness (QED) is 0.730. The van der Waals surface area contributed by atoms with Crippen molar-refractivity contribution in [3.63, 3.8) is 0 Å². The van der Waals surface area contributed by atoms with Crippen LogP contribution < -0.4 is 5.32 Å². The van der Waals surface area contributed by atoms with E-state index in [4.69, 9.17) is 0 Å². The van der Waals surface area contributed by atoms with Gasteiger partial charge in [-0.3, -0.25) is 9.69 Å². The summed E-state index contributed by atoms with van der Waals surface area (Å²) in [6.45, 7) is 4.89. The molecule has 8 heteroatoms. The number of hydrogen-bond donors (Lipinski definition) is 1. The minimum absolute atomic E-state index is 0.149. The first-order valence-corrected chi connectivity index (χ1v) is 11.5. The van der Waals surface area contributed by atoms with Gasteiger partial charge in [0.1, 0.15) is 0 Å². The molecule has 2 aromatic rings. The molecule has 1 amide bonds. The molecule has 27 heavy (non-hydrogen) atoms. The van der Waals surface area contributed by atoms with Gasteiger partial charge >= 0.3 is 0 Å². The number of benzene rings is 1. The number of nitrogens with zero attached hydrogens (tertiary/aromatic N) is 2. The first-order chi connectivity index (χ1) is 13.0. The second-order valence-corrected chi connectivity index (χ2v) is 9.54. The van der Waals surface area contributed by atoms with E-state index in [0.717, 1.165) is 25.9 Å². The highest BCUT2D eigenvalue weighted by atomic mass is 32.2. The summed E-state index contributed by atoms with van der Waals surface area (Å²) in [6, 6.07) is 10.6. The molecule has 1 aromatic heterocycles. The molecule has 1 N–H and O–H groups in total. The number of anilines is 1. The second kappa shape index (κ2) is 8.97. The van der Waals surface area contributed by atoms with Gasteiger partial charge in [0.2, 0.25) is 15.9 Å². The minimum atomic E-state index is -3.49. The van der Waals surface area contributed by atoms with Crippen LogP contribution in [-0.4, -0.2) is 49.7 Å². The number of rotatable bonds is 8. The standard InChI is InChI=1S/C19H25N3O3S2/c1-2-21(14-17-8-6-12-26-17)15-19(23)20-16-7-5-9-18(13-16)27(24,25)22-10-3-4-11-22/h5-9,12-13H,2-4,10-11,14-15H2,1H3,(H,20,23). The van der Waals surface area contributed by atoms with E-state index in [1.807, 2.05) is 23.3 Å². The second-order valence-electron chi connectivity index (χ2n) is 6.57. The number of carbonyl (C=O) groups is 1. The topological polar surface area (TPSA) is 69.7 Å². The minimum Gasteiger partial charge on any atom is -0.325 e. The van der Waals surface area contributed by atoms with Gasteiger partial charge in [-0.05, 0) is 49.0 Å². The fraction of sp³-hybridized carbons (Fsp3) is 0.421. The Kier molecular flexibility index (Phi) is 6.64. The van der Waals surface area contributed by atoms with E-state index >= 15 is 0 Å². The van der Waals surface area contributed by atoms with Crippen LogP contribution in [0.5, 0.6) is 0 Å². The van der Waals surface area contributed by atoms with E-state index in [1.54, 1.807) is 35.6 Å². The normalized spacial score (nSPS) is 15.3. The van der Waals surface area contributed by atoms with Gasteiger partial charge in [0.15, 0.2) is 0 Å². The summed E-state index contributed by atoms with van der Waals surface area (Å²) < 4.78 is 26.9. The zero-order chi connectivity index (χ0) is 19.3. The van der Waals surface area contributed by atoms with Gasteiger partial charge in [0.05, 0.1) is 11.4 Å². The number of hydrogen-bond acceptors (Lipinski definition) is 5. The van der Waals surface area contributed by atoms with E-state index in [1.165, 1.54) is 9.18 Å². The molecule has 0 atom stereocenters. The molecule has 2 heterocycles. The lowest BCUT2D eigenvalue weighted by molar-refractivity contribution is -0.117. The molecule has 146 valence electrons. The van der Waals surface area contributed by atoms with E-state index in [-0.39, 0.29) is 17.3 Å². The molecular weight excluding hydrogens is 382 g/mol. The third kappa shape index (κ3) is 5.16. The van der Waals surface area contributed by atoms with Crippen molar-refractivity contribution in [1.29, 1.82) is 0 Å². The van der Waals surface area contributed by atoms with Crippen molar-refractivity contribution >= 4 is 33.0 Å². The van der Waals surface area contributed by atoms with Crippen molar-refractivity contribution < 1.29 is 13.2 Å². The van der Waals surface area contributed by atoms with Crippen molar-refractivity contribution in [3.05, 3.63) is 46.7 Å². The van der Waals surface area contributed by atoms with Gasteiger partial charge in [0, 0.05) is 30.2 Å². The molecule has 1 aliphatic rings. The highest BCUT2D eigenvalue weighted by Crippen LogP contribution is 2.23. The lowest BCUT2D eigenvalue weighted by Crippen LogP contribution is -2.32. The maximum absolute atomic E-state index is 12.7. The van der Waals surface area contributed by atoms with E-state index in [9.17, 15) is 13.2 Å². The molecule has 6 nitrogen and oxygen atoms in total. The first-order valence-electron chi connectivity index (χ1n) is 9.14. The van der Waals surface area contributed by atoms with Gasteiger partial charge in [-0.25, -0.2) is 8.42 Å². The molecule has 1 aliphatic heterocycles. The summed E-state index contributed by atoms with van der Waals surface area (Å²) in [4.78, 5) is 15.9. The van der Waals surface area contributed by atoms with Crippen LogP contribution in [0.15, 0.2) is 46.7 Å². The number of thiophene rings is 1. The van der Waals surface area contributed by atoms with Crippen molar-refractivity contribution in [1.82, 2.24) is 9.21 Å². The maximum Gasteiger partial charge on any atom is 0.243 e. The Labute approximate surface area is 164 Å². The number of amides is 1. The molecular formula is C19H25N3O3S2. The molecule has 1 fully saturated rings. The van der Waals surface area contributed by atoms with Gasteiger partial charge in [-0.1, -0.05) is 19.1 Å². The smallest absolute Gasteiger partial charge is 0.243 e. The van der Waals surface area contributed by atoms with Crippen LogP contribution in [0.3, 0.4) is 0 Å². The van der Waals surface area contributed by atoms with E-state index < -0.39 is 10.0 Å². The largest absolute Gasteiger partial charge is 0.325 e. The lowest BCUT2D eigenvalue weighted by Gasteiger charge is -2.19. The molecule has 0 radical (unpaired) electrons. The van der Waals surface area contributed by atoms with Crippen LogP contribution in [0.25, 0.3) is 0 Å². The Bertz CT molecular complexity index is 860. The lowest BCUT2D eigenvalue weighted by atomic mass is 10.3. The summed E-state index contributed by atoms with van der Waals surface area (Å²) in [6.07, 6.45) is 1.79. The summed E-state index contributed by atoms with van der Waals surface area (Å²) in [5.41, 5.74) is 0.507. The highest BCUT2D eigenvalue weighted by molar-refractivity contribution is 7.89. The summed E-state index contributed by atoms with van der Waals surface area (Å²) in [5, 5.41) is 4.85. The van der Waals surface area contributed by atoms with Crippen LogP contribution in [0, 0.1) is 0 Å². The predicted octanol–water partition coefficient (Wildman–Crippen LogP) is 2.99. The average molecular weight is 408 g/mol. The third-order valence-corrected chi connectivity index (χ3v) is 7.35. The van der Waals surface area contributed by atoms with Crippen molar-refractivity contribution in [2.75, 3.05) is 31.5 Å². The molecule has 0 saturated carbocycles. The Balaban J connectivity index is 1.64. The SMILES string of the molecule is CCN(CC(=O)Nc1cccc(S(=O)(=O)N2CCCC2)c1)Cc1cccs1. The molecule has 3 rings (SSSR count). The highest BCUT2D eigenvalue weighted by Gasteiger charge is 2.27. The van der Waals surface area contributed by atoms with Crippen molar-refractivity contribution in [2.45, 2.75) is 31.2 Å². The zero-order valence-corrected chi connectivity index (χ0v) is 17.1. The number of sulfonamides is 1. The van der Waals surface area contributed by atoms with Crippen LogP contribution in [0.1, 0.15) is 24.6 Å². The number of carbonyl (C=O) groups excluding carboxylic acids is 1. The van der Waals surface area contributed by atoms with E-state index in [0.29, 0.717) is 18.8 Å². The molecule has 1 aromatic carbocycles. The predicted molar refractivity (Wildman–Crippen MR) is 108 cm³/mol. The third-order valence-electron chi connectivity index (χ3n) is 4.59. The van der Waals surface area contributed by atoms with Crippen molar-refractivity contribution in [2.24, 2.45) is 0 Å². The Morgan fingerprint density at radius 1 is 1.22 bits per heavy atom. The molecule has 0 bridgehead atoms. The van der Waals surface area contributed by atoms with E-state index in [2.05, 4.69) is 11.4 Å². The Hall–Kier alpha value is -1.74. The fourth-order valence-corrected chi connectivity index (χ4v) is 5.43. The van der Waals surface area contributed by atoms with Crippen LogP contribution in [0.4, 0.5) is 5.69 Å². The van der Waals surface area contributed by atoms with Gasteiger partial charge < -0.3 is 5.32 Å². The van der Waals surface area contributed by atoms with Crippen LogP contribution in [0.2, 0.25) is 0 Å². The summed E-state index contributed by atoms with van der Waals surface area (Å²) in [7, 11) is -3.49. The van der Waals surface area contributed by atoms with Crippen LogP contribution in [-0.2, 0) is 21.4 Å². The van der Waals surface area contributed by atoms with Crippen LogP contribution >= 0.6 is 11.3 Å². The van der Waals surface area contributed by atoms with Crippen molar-refractivity contribution in [3.8, 4) is 0 Å². The number of likely N-dealkylation sites (N-methyl/N-ethyl adjacent to an activating group) is 1. The first kappa shape index (κ1) is 20.0. The van der Waals surface area contributed by atoms with Gasteiger partial charge in [-0.2, -0.15) is 4.31 Å². The summed E-state index contributed by atoms with van der Waals surface area (Å²) in [5.74, 6) is -0.149. The van der Waals surface area contributed by atoms with Gasteiger partial charge in [0.25, 0.3) is 0 Å².